The number of halogens is 1. The van der Waals surface area contributed by atoms with Crippen LogP contribution in [0.25, 0.3) is 0 Å². The van der Waals surface area contributed by atoms with E-state index < -0.39 is 0 Å². The van der Waals surface area contributed by atoms with Crippen LogP contribution < -0.4 is 15.4 Å². The van der Waals surface area contributed by atoms with Crippen molar-refractivity contribution in [2.45, 2.75) is 6.54 Å². The maximum absolute atomic E-state index is 6.14. The summed E-state index contributed by atoms with van der Waals surface area (Å²) in [7, 11) is 1.60. The molecule has 0 aliphatic carbocycles. The first kappa shape index (κ1) is 19.2. The number of aliphatic imine (C=N–C) groups is 1. The molecule has 1 aliphatic heterocycles. The molecule has 0 amide bonds. The highest BCUT2D eigenvalue weighted by molar-refractivity contribution is 14.0. The Hall–Kier alpha value is -2.17. The lowest BCUT2D eigenvalue weighted by Crippen LogP contribution is -2.51. The molecule has 3 rings (SSSR count). The Labute approximate surface area is 164 Å². The van der Waals surface area contributed by atoms with Gasteiger partial charge in [0.2, 0.25) is 11.8 Å². The first-order valence-electron chi connectivity index (χ1n) is 7.82. The van der Waals surface area contributed by atoms with E-state index >= 15 is 0 Å². The second-order valence-corrected chi connectivity index (χ2v) is 5.37. The molecular formula is C16H22IN7O. The summed E-state index contributed by atoms with van der Waals surface area (Å²) in [6, 6.07) is 5.62. The maximum atomic E-state index is 6.14. The van der Waals surface area contributed by atoms with E-state index in [0.29, 0.717) is 18.4 Å². The number of pyridine rings is 1. The van der Waals surface area contributed by atoms with Crippen molar-refractivity contribution in [2.24, 2.45) is 10.7 Å². The average molecular weight is 455 g/mol. The van der Waals surface area contributed by atoms with Crippen LogP contribution in [0.3, 0.4) is 0 Å². The topological polar surface area (TPSA) is 92.8 Å². The van der Waals surface area contributed by atoms with Gasteiger partial charge in [0.05, 0.1) is 13.7 Å². The molecule has 0 aromatic carbocycles. The Morgan fingerprint density at radius 3 is 2.48 bits per heavy atom. The number of hydrogen-bond donors (Lipinski definition) is 1. The first-order valence-corrected chi connectivity index (χ1v) is 7.82. The van der Waals surface area contributed by atoms with E-state index in [9.17, 15) is 0 Å². The standard InChI is InChI=1S/C16H21N7O.HI/c1-24-14-13(4-2-5-18-14)12-21-15(17)22-8-10-23(11-9-22)16-19-6-3-7-20-16;/h2-7H,8-12H2,1H3,(H2,17,21);1H. The lowest BCUT2D eigenvalue weighted by Gasteiger charge is -2.35. The minimum atomic E-state index is 0. The van der Waals surface area contributed by atoms with E-state index in [4.69, 9.17) is 10.5 Å². The van der Waals surface area contributed by atoms with Crippen molar-refractivity contribution < 1.29 is 4.74 Å². The molecule has 0 atom stereocenters. The summed E-state index contributed by atoms with van der Waals surface area (Å²) in [5.74, 6) is 1.88. The normalized spacial score (nSPS) is 14.8. The number of nitrogens with two attached hydrogens (primary N) is 1. The lowest BCUT2D eigenvalue weighted by molar-refractivity contribution is 0.377. The Morgan fingerprint density at radius 1 is 1.12 bits per heavy atom. The summed E-state index contributed by atoms with van der Waals surface area (Å²) >= 11 is 0. The molecule has 3 heterocycles. The molecule has 1 fully saturated rings. The molecule has 0 spiro atoms. The zero-order valence-electron chi connectivity index (χ0n) is 14.1. The van der Waals surface area contributed by atoms with Gasteiger partial charge in [0.1, 0.15) is 0 Å². The number of hydrogen-bond acceptors (Lipinski definition) is 6. The predicted octanol–water partition coefficient (Wildman–Crippen LogP) is 1.14. The van der Waals surface area contributed by atoms with E-state index in [-0.39, 0.29) is 24.0 Å². The molecule has 134 valence electrons. The molecule has 2 aromatic rings. The quantitative estimate of drug-likeness (QED) is 0.420. The van der Waals surface area contributed by atoms with Gasteiger partial charge in [-0.1, -0.05) is 6.07 Å². The molecule has 1 saturated heterocycles. The fourth-order valence-corrected chi connectivity index (χ4v) is 2.58. The van der Waals surface area contributed by atoms with Gasteiger partial charge >= 0.3 is 0 Å². The van der Waals surface area contributed by atoms with Crippen LogP contribution in [-0.2, 0) is 6.54 Å². The molecule has 25 heavy (non-hydrogen) atoms. The second-order valence-electron chi connectivity index (χ2n) is 5.37. The Morgan fingerprint density at radius 2 is 1.80 bits per heavy atom. The minimum Gasteiger partial charge on any atom is -0.481 e. The third-order valence-electron chi connectivity index (χ3n) is 3.89. The number of ether oxygens (including phenoxy) is 1. The summed E-state index contributed by atoms with van der Waals surface area (Å²) in [6.07, 6.45) is 5.21. The van der Waals surface area contributed by atoms with E-state index in [0.717, 1.165) is 37.7 Å². The highest BCUT2D eigenvalue weighted by atomic mass is 127. The largest absolute Gasteiger partial charge is 0.481 e. The zero-order valence-corrected chi connectivity index (χ0v) is 16.4. The summed E-state index contributed by atoms with van der Waals surface area (Å²) < 4.78 is 5.23. The highest BCUT2D eigenvalue weighted by Gasteiger charge is 2.19. The van der Waals surface area contributed by atoms with Crippen molar-refractivity contribution in [3.63, 3.8) is 0 Å². The molecule has 0 bridgehead atoms. The smallest absolute Gasteiger partial charge is 0.225 e. The molecular weight excluding hydrogens is 433 g/mol. The van der Waals surface area contributed by atoms with Crippen molar-refractivity contribution in [3.8, 4) is 5.88 Å². The summed E-state index contributed by atoms with van der Waals surface area (Å²) in [5.41, 5.74) is 7.05. The Balaban J connectivity index is 0.00000225. The molecule has 0 saturated carbocycles. The van der Waals surface area contributed by atoms with Crippen molar-refractivity contribution in [1.29, 1.82) is 0 Å². The first-order chi connectivity index (χ1) is 11.8. The van der Waals surface area contributed by atoms with Crippen LogP contribution in [0, 0.1) is 0 Å². The predicted molar refractivity (Wildman–Crippen MR) is 107 cm³/mol. The van der Waals surface area contributed by atoms with Gasteiger partial charge < -0.3 is 20.3 Å². The minimum absolute atomic E-state index is 0. The fraction of sp³-hybridized carbons (Fsp3) is 0.375. The van der Waals surface area contributed by atoms with Gasteiger partial charge in [-0.3, -0.25) is 0 Å². The van der Waals surface area contributed by atoms with Crippen molar-refractivity contribution in [3.05, 3.63) is 42.4 Å². The molecule has 9 heteroatoms. The number of anilines is 1. The number of methoxy groups -OCH3 is 1. The van der Waals surface area contributed by atoms with E-state index in [1.54, 1.807) is 25.7 Å². The van der Waals surface area contributed by atoms with Crippen molar-refractivity contribution in [1.82, 2.24) is 19.9 Å². The summed E-state index contributed by atoms with van der Waals surface area (Å²) in [5, 5.41) is 0. The van der Waals surface area contributed by atoms with Crippen LogP contribution in [0.15, 0.2) is 41.8 Å². The van der Waals surface area contributed by atoms with Gasteiger partial charge in [0, 0.05) is 50.3 Å². The van der Waals surface area contributed by atoms with Gasteiger partial charge in [0.25, 0.3) is 0 Å². The highest BCUT2D eigenvalue weighted by Crippen LogP contribution is 2.15. The van der Waals surface area contributed by atoms with E-state index in [2.05, 4.69) is 29.7 Å². The summed E-state index contributed by atoms with van der Waals surface area (Å²) in [6.45, 7) is 3.66. The fourth-order valence-electron chi connectivity index (χ4n) is 2.58. The molecule has 2 N–H and O–H groups in total. The van der Waals surface area contributed by atoms with Crippen molar-refractivity contribution in [2.75, 3.05) is 38.2 Å². The van der Waals surface area contributed by atoms with Gasteiger partial charge in [-0.15, -0.1) is 24.0 Å². The van der Waals surface area contributed by atoms with Crippen LogP contribution >= 0.6 is 24.0 Å². The SMILES string of the molecule is COc1ncccc1CN=C(N)N1CCN(c2ncccn2)CC1.I. The third-order valence-corrected chi connectivity index (χ3v) is 3.89. The Bertz CT molecular complexity index is 690. The van der Waals surface area contributed by atoms with Crippen LogP contribution in [0.5, 0.6) is 5.88 Å². The maximum Gasteiger partial charge on any atom is 0.225 e. The number of nitrogens with zero attached hydrogens (tertiary/aromatic N) is 6. The van der Waals surface area contributed by atoms with Crippen LogP contribution in [0.2, 0.25) is 0 Å². The third kappa shape index (κ3) is 4.91. The number of guanidine groups is 1. The number of aromatic nitrogens is 3. The van der Waals surface area contributed by atoms with Crippen LogP contribution in [0.1, 0.15) is 5.56 Å². The molecule has 0 unspecified atom stereocenters. The molecule has 0 radical (unpaired) electrons. The molecule has 1 aliphatic rings. The van der Waals surface area contributed by atoms with Gasteiger partial charge in [-0.05, 0) is 12.1 Å². The number of rotatable bonds is 4. The molecule has 8 nitrogen and oxygen atoms in total. The second kappa shape index (κ2) is 9.35. The van der Waals surface area contributed by atoms with E-state index in [1.165, 1.54) is 0 Å². The van der Waals surface area contributed by atoms with Crippen LogP contribution in [-0.4, -0.2) is 59.1 Å². The van der Waals surface area contributed by atoms with Crippen LogP contribution in [0.4, 0.5) is 5.95 Å². The van der Waals surface area contributed by atoms with Gasteiger partial charge in [0.15, 0.2) is 5.96 Å². The van der Waals surface area contributed by atoms with Gasteiger partial charge in [-0.2, -0.15) is 0 Å². The average Bonchev–Trinajstić information content (AvgIpc) is 2.67. The monoisotopic (exact) mass is 455 g/mol. The Kier molecular flexibility index (Phi) is 7.16. The van der Waals surface area contributed by atoms with Gasteiger partial charge in [-0.25, -0.2) is 19.9 Å². The number of piperazine rings is 1. The molecule has 2 aromatic heterocycles. The van der Waals surface area contributed by atoms with E-state index in [1.807, 2.05) is 18.2 Å². The van der Waals surface area contributed by atoms with Crippen molar-refractivity contribution >= 4 is 35.9 Å². The lowest BCUT2D eigenvalue weighted by atomic mass is 10.3. The zero-order chi connectivity index (χ0) is 16.8. The summed E-state index contributed by atoms with van der Waals surface area (Å²) in [4.78, 5) is 21.4.